The van der Waals surface area contributed by atoms with Gasteiger partial charge in [-0.05, 0) is 18.1 Å². The molecule has 2 aliphatic rings. The minimum absolute atomic E-state index is 0.429. The molecule has 3 heteroatoms. The molecule has 13 heavy (non-hydrogen) atoms. The molecule has 0 bridgehead atoms. The fourth-order valence-electron chi connectivity index (χ4n) is 1.76. The second-order valence-electron chi connectivity index (χ2n) is 3.22. The average Bonchev–Trinajstić information content (AvgIpc) is 2.62. The van der Waals surface area contributed by atoms with Crippen LogP contribution >= 0.6 is 11.8 Å². The van der Waals surface area contributed by atoms with Gasteiger partial charge in [-0.2, -0.15) is 17.0 Å². The molecule has 1 heterocycles. The number of rotatable bonds is 1. The maximum absolute atomic E-state index is 10.7. The summed E-state index contributed by atoms with van der Waals surface area (Å²) < 4.78 is 0. The summed E-state index contributed by atoms with van der Waals surface area (Å²) >= 11 is 1.87. The predicted octanol–water partition coefficient (Wildman–Crippen LogP) is 1.70. The van der Waals surface area contributed by atoms with E-state index < -0.39 is 0 Å². The first kappa shape index (κ1) is 8.58. The molecular weight excluding hydrogens is 182 g/mol. The van der Waals surface area contributed by atoms with Crippen LogP contribution in [0.1, 0.15) is 6.42 Å². The molecule has 0 saturated carbocycles. The molecule has 0 amide bonds. The van der Waals surface area contributed by atoms with Crippen molar-refractivity contribution in [3.05, 3.63) is 23.3 Å². The smallest absolute Gasteiger partial charge is 0.151 e. The average molecular weight is 191 g/mol. The standard InChI is InChI=1S/C10H9NOS/c11-5-8-4-10-7(1-2-13-10)3-9(8)6-12/h3-4,6-7,10H,1-2H2. The lowest BCUT2D eigenvalue weighted by Gasteiger charge is -2.17. The lowest BCUT2D eigenvalue weighted by molar-refractivity contribution is -0.104. The van der Waals surface area contributed by atoms with Gasteiger partial charge in [-0.15, -0.1) is 0 Å². The van der Waals surface area contributed by atoms with Crippen LogP contribution in [0.2, 0.25) is 0 Å². The van der Waals surface area contributed by atoms with E-state index in [-0.39, 0.29) is 0 Å². The second-order valence-corrected chi connectivity index (χ2v) is 4.51. The van der Waals surface area contributed by atoms with Crippen molar-refractivity contribution in [3.63, 3.8) is 0 Å². The molecule has 2 nitrogen and oxygen atoms in total. The maximum atomic E-state index is 10.7. The molecule has 1 fully saturated rings. The molecule has 0 radical (unpaired) electrons. The van der Waals surface area contributed by atoms with Crippen LogP contribution in [0, 0.1) is 17.2 Å². The zero-order valence-electron chi connectivity index (χ0n) is 7.06. The van der Waals surface area contributed by atoms with Crippen LogP contribution in [-0.4, -0.2) is 17.3 Å². The highest BCUT2D eigenvalue weighted by atomic mass is 32.2. The predicted molar refractivity (Wildman–Crippen MR) is 52.2 cm³/mol. The number of nitrogens with zero attached hydrogens (tertiary/aromatic N) is 1. The topological polar surface area (TPSA) is 40.9 Å². The van der Waals surface area contributed by atoms with Crippen LogP contribution in [0.4, 0.5) is 0 Å². The fraction of sp³-hybridized carbons (Fsp3) is 0.400. The highest BCUT2D eigenvalue weighted by molar-refractivity contribution is 8.00. The Bertz CT molecular complexity index is 337. The van der Waals surface area contributed by atoms with E-state index in [0.717, 1.165) is 18.5 Å². The third-order valence-electron chi connectivity index (χ3n) is 2.47. The van der Waals surface area contributed by atoms with Gasteiger partial charge in [-0.1, -0.05) is 12.2 Å². The van der Waals surface area contributed by atoms with E-state index in [1.54, 1.807) is 0 Å². The Morgan fingerprint density at radius 1 is 1.62 bits per heavy atom. The van der Waals surface area contributed by atoms with Crippen molar-refractivity contribution >= 4 is 18.0 Å². The van der Waals surface area contributed by atoms with E-state index in [4.69, 9.17) is 5.26 Å². The van der Waals surface area contributed by atoms with E-state index >= 15 is 0 Å². The van der Waals surface area contributed by atoms with Gasteiger partial charge in [0.25, 0.3) is 0 Å². The number of nitriles is 1. The number of allylic oxidation sites excluding steroid dienone is 3. The zero-order chi connectivity index (χ0) is 9.26. The van der Waals surface area contributed by atoms with Crippen LogP contribution in [0.15, 0.2) is 23.3 Å². The fourth-order valence-corrected chi connectivity index (χ4v) is 3.14. The van der Waals surface area contributed by atoms with E-state index in [0.29, 0.717) is 22.3 Å². The normalized spacial score (nSPS) is 31.3. The van der Waals surface area contributed by atoms with E-state index in [2.05, 4.69) is 6.07 Å². The Labute approximate surface area is 81.3 Å². The molecule has 2 rings (SSSR count). The first-order valence-corrected chi connectivity index (χ1v) is 5.31. The van der Waals surface area contributed by atoms with Crippen molar-refractivity contribution < 1.29 is 4.79 Å². The summed E-state index contributed by atoms with van der Waals surface area (Å²) in [5.41, 5.74) is 1.12. The summed E-state index contributed by atoms with van der Waals surface area (Å²) in [6.45, 7) is 0. The number of aldehydes is 1. The Hall–Kier alpha value is -1.01. The van der Waals surface area contributed by atoms with Crippen molar-refractivity contribution in [2.45, 2.75) is 11.7 Å². The summed E-state index contributed by atoms with van der Waals surface area (Å²) in [6.07, 6.45) is 5.80. The summed E-state index contributed by atoms with van der Waals surface area (Å²) in [5.74, 6) is 1.61. The van der Waals surface area contributed by atoms with Gasteiger partial charge in [-0.25, -0.2) is 0 Å². The van der Waals surface area contributed by atoms with Gasteiger partial charge < -0.3 is 0 Å². The Balaban J connectivity index is 2.34. The molecule has 1 aliphatic heterocycles. The number of hydrogen-bond acceptors (Lipinski definition) is 3. The van der Waals surface area contributed by atoms with Crippen LogP contribution in [0.3, 0.4) is 0 Å². The van der Waals surface area contributed by atoms with Gasteiger partial charge >= 0.3 is 0 Å². The molecule has 66 valence electrons. The quantitative estimate of drug-likeness (QED) is 0.592. The van der Waals surface area contributed by atoms with Crippen molar-refractivity contribution in [1.82, 2.24) is 0 Å². The van der Waals surface area contributed by atoms with Crippen molar-refractivity contribution in [2.75, 3.05) is 5.75 Å². The molecule has 0 aromatic rings. The number of carbonyl (C=O) groups is 1. The van der Waals surface area contributed by atoms with Gasteiger partial charge in [0.15, 0.2) is 6.29 Å². The number of fused-ring (bicyclic) bond motifs is 1. The number of thioether (sulfide) groups is 1. The summed E-state index contributed by atoms with van der Waals surface area (Å²) in [4.78, 5) is 10.7. The second kappa shape index (κ2) is 3.39. The molecule has 0 spiro atoms. The first-order chi connectivity index (χ1) is 6.35. The largest absolute Gasteiger partial charge is 0.298 e. The lowest BCUT2D eigenvalue weighted by Crippen LogP contribution is -2.13. The highest BCUT2D eigenvalue weighted by Gasteiger charge is 2.29. The molecule has 0 N–H and O–H groups in total. The zero-order valence-corrected chi connectivity index (χ0v) is 7.88. The Morgan fingerprint density at radius 2 is 2.46 bits per heavy atom. The Kier molecular flexibility index (Phi) is 2.24. The van der Waals surface area contributed by atoms with Gasteiger partial charge in [0.2, 0.25) is 0 Å². The van der Waals surface area contributed by atoms with Crippen molar-refractivity contribution in [2.24, 2.45) is 5.92 Å². The Morgan fingerprint density at radius 3 is 3.15 bits per heavy atom. The first-order valence-electron chi connectivity index (χ1n) is 4.26. The van der Waals surface area contributed by atoms with Gasteiger partial charge in [0.1, 0.15) is 0 Å². The maximum Gasteiger partial charge on any atom is 0.151 e. The van der Waals surface area contributed by atoms with Crippen LogP contribution in [-0.2, 0) is 4.79 Å². The molecule has 0 aromatic carbocycles. The van der Waals surface area contributed by atoms with E-state index in [9.17, 15) is 4.79 Å². The molecule has 2 unspecified atom stereocenters. The van der Waals surface area contributed by atoms with Crippen molar-refractivity contribution in [1.29, 1.82) is 5.26 Å². The summed E-state index contributed by atoms with van der Waals surface area (Å²) in [5, 5.41) is 9.21. The minimum atomic E-state index is 0.429. The lowest BCUT2D eigenvalue weighted by atomic mass is 9.90. The minimum Gasteiger partial charge on any atom is -0.298 e. The van der Waals surface area contributed by atoms with E-state index in [1.807, 2.05) is 23.9 Å². The molecule has 0 aromatic heterocycles. The number of hydrogen-bond donors (Lipinski definition) is 0. The monoisotopic (exact) mass is 191 g/mol. The number of carbonyl (C=O) groups excluding carboxylic acids is 1. The van der Waals surface area contributed by atoms with E-state index in [1.165, 1.54) is 0 Å². The molecular formula is C10H9NOS. The summed E-state index contributed by atoms with van der Waals surface area (Å²) in [6, 6.07) is 2.07. The highest BCUT2D eigenvalue weighted by Crippen LogP contribution is 2.38. The van der Waals surface area contributed by atoms with Gasteiger partial charge in [0.05, 0.1) is 11.6 Å². The third-order valence-corrected chi connectivity index (χ3v) is 3.81. The SMILES string of the molecule is N#CC1=CC2SCCC2C=C1C=O. The van der Waals surface area contributed by atoms with Gasteiger partial charge in [0, 0.05) is 10.8 Å². The molecule has 1 aliphatic carbocycles. The third kappa shape index (κ3) is 1.42. The molecule has 2 atom stereocenters. The van der Waals surface area contributed by atoms with Crippen LogP contribution in [0.25, 0.3) is 0 Å². The van der Waals surface area contributed by atoms with Crippen LogP contribution in [0.5, 0.6) is 0 Å². The van der Waals surface area contributed by atoms with Crippen LogP contribution < -0.4 is 0 Å². The molecule has 1 saturated heterocycles. The van der Waals surface area contributed by atoms with Crippen molar-refractivity contribution in [3.8, 4) is 6.07 Å². The summed E-state index contributed by atoms with van der Waals surface area (Å²) in [7, 11) is 0. The van der Waals surface area contributed by atoms with Gasteiger partial charge in [-0.3, -0.25) is 4.79 Å².